The van der Waals surface area contributed by atoms with Crippen molar-refractivity contribution < 1.29 is 8.62 Å². The Labute approximate surface area is 89.7 Å². The van der Waals surface area contributed by atoms with Crippen LogP contribution in [0.15, 0.2) is 30.5 Å². The minimum absolute atomic E-state index is 0.379. The Morgan fingerprint density at radius 2 is 2.21 bits per heavy atom. The molecule has 72 valence electrons. The van der Waals surface area contributed by atoms with Crippen LogP contribution in [0.2, 0.25) is 0 Å². The summed E-state index contributed by atoms with van der Waals surface area (Å²) in [6.07, 6.45) is 1.95. The zero-order chi connectivity index (χ0) is 10.1. The number of benzene rings is 1. The van der Waals surface area contributed by atoms with E-state index < -0.39 is 0 Å². The summed E-state index contributed by atoms with van der Waals surface area (Å²) >= 11 is 2.67. The van der Waals surface area contributed by atoms with E-state index in [2.05, 4.69) is 20.1 Å². The second-order valence-electron chi connectivity index (χ2n) is 3.06. The van der Waals surface area contributed by atoms with Crippen molar-refractivity contribution in [3.63, 3.8) is 0 Å². The van der Waals surface area contributed by atoms with Crippen LogP contribution in [-0.2, 0) is 10.9 Å². The molecule has 0 fully saturated rings. The largest absolute Gasteiger partial charge is 0.380 e. The quantitative estimate of drug-likeness (QED) is 0.783. The van der Waals surface area contributed by atoms with E-state index >= 15 is 0 Å². The van der Waals surface area contributed by atoms with Crippen LogP contribution >= 0.6 is 16.3 Å². The Hall–Kier alpha value is -1.29. The maximum Gasteiger partial charge on any atom is 0.349 e. The Balaban J connectivity index is 2.57. The molecule has 0 aliphatic carbocycles. The number of aryl methyl sites for hydroxylation is 1. The molecular weight excluding hydrogens is 246 g/mol. The summed E-state index contributed by atoms with van der Waals surface area (Å²) in [7, 11) is 1.96. The lowest BCUT2D eigenvalue weighted by molar-refractivity contribution is 0.0782. The van der Waals surface area contributed by atoms with Gasteiger partial charge in [0.05, 0.1) is 5.56 Å². The zero-order valence-corrected chi connectivity index (χ0v) is 9.11. The van der Waals surface area contributed by atoms with Gasteiger partial charge in [0.2, 0.25) is 0 Å². The van der Waals surface area contributed by atoms with E-state index in [1.807, 2.05) is 29.9 Å². The lowest BCUT2D eigenvalue weighted by Gasteiger charge is -1.98. The molecule has 0 aliphatic rings. The van der Waals surface area contributed by atoms with Crippen molar-refractivity contribution in [2.75, 3.05) is 0 Å². The fourth-order valence-electron chi connectivity index (χ4n) is 1.45. The van der Waals surface area contributed by atoms with Gasteiger partial charge in [-0.3, -0.25) is 0 Å². The number of carbonyl (C=O) groups excluding carboxylic acids is 1. The SMILES string of the molecule is Cn1ccc2cc(C(=O)OBr)ccc21. The zero-order valence-electron chi connectivity index (χ0n) is 7.53. The number of nitrogens with zero attached hydrogens (tertiary/aromatic N) is 1. The van der Waals surface area contributed by atoms with Gasteiger partial charge in [-0.2, -0.15) is 0 Å². The normalized spacial score (nSPS) is 10.4. The molecule has 14 heavy (non-hydrogen) atoms. The highest BCUT2D eigenvalue weighted by molar-refractivity contribution is 9.06. The summed E-state index contributed by atoms with van der Waals surface area (Å²) in [5, 5.41) is 1.03. The number of hydrogen-bond acceptors (Lipinski definition) is 2. The molecule has 1 heterocycles. The molecule has 0 atom stereocenters. The van der Waals surface area contributed by atoms with Crippen LogP contribution in [-0.4, -0.2) is 10.5 Å². The number of hydrogen-bond donors (Lipinski definition) is 0. The number of rotatable bonds is 1. The van der Waals surface area contributed by atoms with Gasteiger partial charge in [0.15, 0.2) is 16.3 Å². The number of aromatic nitrogens is 1. The highest BCUT2D eigenvalue weighted by atomic mass is 79.9. The molecule has 3 nitrogen and oxygen atoms in total. The van der Waals surface area contributed by atoms with Crippen LogP contribution in [0, 0.1) is 0 Å². The third-order valence-corrected chi connectivity index (χ3v) is 2.49. The van der Waals surface area contributed by atoms with E-state index in [0.717, 1.165) is 10.9 Å². The van der Waals surface area contributed by atoms with Gasteiger partial charge in [-0.15, -0.1) is 0 Å². The maximum absolute atomic E-state index is 11.2. The summed E-state index contributed by atoms with van der Waals surface area (Å²) in [6, 6.07) is 7.40. The second kappa shape index (κ2) is 3.46. The third kappa shape index (κ3) is 1.42. The average Bonchev–Trinajstić information content (AvgIpc) is 2.59. The first-order valence-electron chi connectivity index (χ1n) is 4.10. The van der Waals surface area contributed by atoms with Gasteiger partial charge in [0.1, 0.15) is 0 Å². The summed E-state index contributed by atoms with van der Waals surface area (Å²) in [6.45, 7) is 0. The molecule has 2 aromatic rings. The van der Waals surface area contributed by atoms with Gasteiger partial charge in [0.25, 0.3) is 0 Å². The highest BCUT2D eigenvalue weighted by Gasteiger charge is 2.07. The molecule has 0 amide bonds. The Kier molecular flexibility index (Phi) is 2.29. The molecule has 2 rings (SSSR count). The highest BCUT2D eigenvalue weighted by Crippen LogP contribution is 2.17. The smallest absolute Gasteiger partial charge is 0.349 e. The molecule has 0 aliphatic heterocycles. The molecule has 0 bridgehead atoms. The van der Waals surface area contributed by atoms with Crippen molar-refractivity contribution in [1.29, 1.82) is 0 Å². The maximum atomic E-state index is 11.2. The molecule has 0 radical (unpaired) electrons. The predicted octanol–water partition coefficient (Wildman–Crippen LogP) is 2.65. The first kappa shape index (κ1) is 9.27. The van der Waals surface area contributed by atoms with Crippen molar-refractivity contribution in [3.8, 4) is 0 Å². The third-order valence-electron chi connectivity index (χ3n) is 2.19. The topological polar surface area (TPSA) is 31.2 Å². The summed E-state index contributed by atoms with van der Waals surface area (Å²) in [5.41, 5.74) is 1.64. The Morgan fingerprint density at radius 3 is 2.93 bits per heavy atom. The fourth-order valence-corrected chi connectivity index (χ4v) is 1.64. The van der Waals surface area contributed by atoms with Crippen molar-refractivity contribution in [3.05, 3.63) is 36.0 Å². The number of fused-ring (bicyclic) bond motifs is 1. The van der Waals surface area contributed by atoms with Crippen LogP contribution in [0.25, 0.3) is 10.9 Å². The minimum atomic E-state index is -0.379. The predicted molar refractivity (Wildman–Crippen MR) is 57.3 cm³/mol. The van der Waals surface area contributed by atoms with E-state index in [4.69, 9.17) is 0 Å². The second-order valence-corrected chi connectivity index (χ2v) is 3.39. The van der Waals surface area contributed by atoms with Crippen LogP contribution < -0.4 is 0 Å². The van der Waals surface area contributed by atoms with E-state index in [9.17, 15) is 4.79 Å². The Bertz CT molecular complexity index is 490. The van der Waals surface area contributed by atoms with Crippen molar-refractivity contribution >= 4 is 33.1 Å². The van der Waals surface area contributed by atoms with Crippen LogP contribution in [0.3, 0.4) is 0 Å². The van der Waals surface area contributed by atoms with Gasteiger partial charge in [-0.1, -0.05) is 0 Å². The molecule has 1 aromatic carbocycles. The van der Waals surface area contributed by atoms with Crippen molar-refractivity contribution in [2.45, 2.75) is 0 Å². The monoisotopic (exact) mass is 253 g/mol. The van der Waals surface area contributed by atoms with E-state index in [-0.39, 0.29) is 5.97 Å². The number of halogens is 1. The molecule has 1 aromatic heterocycles. The Morgan fingerprint density at radius 1 is 1.43 bits per heavy atom. The van der Waals surface area contributed by atoms with Crippen molar-refractivity contribution in [1.82, 2.24) is 4.57 Å². The van der Waals surface area contributed by atoms with Crippen LogP contribution in [0.1, 0.15) is 10.4 Å². The summed E-state index contributed by atoms with van der Waals surface area (Å²) in [5.74, 6) is -0.379. The van der Waals surface area contributed by atoms with Gasteiger partial charge in [-0.25, -0.2) is 4.79 Å². The van der Waals surface area contributed by atoms with Crippen LogP contribution in [0.5, 0.6) is 0 Å². The number of carbonyl (C=O) groups is 1. The van der Waals surface area contributed by atoms with E-state index in [1.54, 1.807) is 12.1 Å². The molecule has 0 spiro atoms. The standard InChI is InChI=1S/C10H8BrNO2/c1-12-5-4-7-6-8(10(13)14-11)2-3-9(7)12/h2-6H,1H3. The summed E-state index contributed by atoms with van der Waals surface area (Å²) in [4.78, 5) is 11.2. The average molecular weight is 254 g/mol. The molecular formula is C10H8BrNO2. The van der Waals surface area contributed by atoms with Crippen LogP contribution in [0.4, 0.5) is 0 Å². The van der Waals surface area contributed by atoms with E-state index in [1.165, 1.54) is 0 Å². The molecule has 0 saturated carbocycles. The molecule has 0 unspecified atom stereocenters. The van der Waals surface area contributed by atoms with Gasteiger partial charge < -0.3 is 8.40 Å². The lowest BCUT2D eigenvalue weighted by Crippen LogP contribution is -1.97. The van der Waals surface area contributed by atoms with Gasteiger partial charge in [0, 0.05) is 24.1 Å². The molecule has 0 saturated heterocycles. The first-order valence-corrected chi connectivity index (χ1v) is 4.75. The fraction of sp³-hybridized carbons (Fsp3) is 0.100. The van der Waals surface area contributed by atoms with Gasteiger partial charge >= 0.3 is 5.97 Å². The van der Waals surface area contributed by atoms with Gasteiger partial charge in [-0.05, 0) is 24.3 Å². The van der Waals surface area contributed by atoms with E-state index in [0.29, 0.717) is 5.56 Å². The molecule has 4 heteroatoms. The molecule has 0 N–H and O–H groups in total. The minimum Gasteiger partial charge on any atom is -0.380 e. The van der Waals surface area contributed by atoms with Crippen molar-refractivity contribution in [2.24, 2.45) is 7.05 Å². The first-order chi connectivity index (χ1) is 6.72. The summed E-state index contributed by atoms with van der Waals surface area (Å²) < 4.78 is 6.46. The lowest BCUT2D eigenvalue weighted by atomic mass is 10.1.